The number of fused-ring (bicyclic) bond motifs is 1. The first-order chi connectivity index (χ1) is 14.4. The van der Waals surface area contributed by atoms with Gasteiger partial charge in [0.2, 0.25) is 10.0 Å². The molecule has 2 heterocycles. The molecule has 1 N–H and O–H groups in total. The Kier molecular flexibility index (Phi) is 6.72. The molecule has 9 heteroatoms. The lowest BCUT2D eigenvalue weighted by atomic mass is 10.1. The molecule has 0 bridgehead atoms. The van der Waals surface area contributed by atoms with Crippen LogP contribution in [0.4, 0.5) is 0 Å². The first-order valence-electron chi connectivity index (χ1n) is 9.95. The average molecular weight is 465 g/mol. The largest absolute Gasteiger partial charge is 0.299 e. The van der Waals surface area contributed by atoms with Gasteiger partial charge >= 0.3 is 0 Å². The molecule has 4 rings (SSSR count). The Morgan fingerprint density at radius 2 is 1.80 bits per heavy atom. The van der Waals surface area contributed by atoms with Gasteiger partial charge in [0.05, 0.1) is 4.90 Å². The highest BCUT2D eigenvalue weighted by Crippen LogP contribution is 2.21. The number of piperazine rings is 1. The molecule has 0 unspecified atom stereocenters. The number of aromatic nitrogens is 1. The molecule has 0 amide bonds. The second-order valence-corrected chi connectivity index (χ2v) is 11.1. The van der Waals surface area contributed by atoms with E-state index in [1.807, 2.05) is 43.5 Å². The van der Waals surface area contributed by atoms with Crippen molar-refractivity contribution in [2.75, 3.05) is 32.7 Å². The molecule has 0 radical (unpaired) electrons. The first-order valence-corrected chi connectivity index (χ1v) is 12.6. The van der Waals surface area contributed by atoms with Crippen molar-refractivity contribution in [1.82, 2.24) is 19.5 Å². The van der Waals surface area contributed by atoms with Crippen molar-refractivity contribution in [2.24, 2.45) is 0 Å². The highest BCUT2D eigenvalue weighted by Gasteiger charge is 2.22. The fourth-order valence-electron chi connectivity index (χ4n) is 3.80. The van der Waals surface area contributed by atoms with Crippen molar-refractivity contribution >= 4 is 43.7 Å². The van der Waals surface area contributed by atoms with E-state index in [0.717, 1.165) is 43.5 Å². The third-order valence-electron chi connectivity index (χ3n) is 5.29. The van der Waals surface area contributed by atoms with Crippen molar-refractivity contribution in [2.45, 2.75) is 24.4 Å². The molecule has 0 saturated carbocycles. The maximum atomic E-state index is 12.8. The minimum Gasteiger partial charge on any atom is -0.299 e. The van der Waals surface area contributed by atoms with Crippen LogP contribution in [0, 0.1) is 0 Å². The van der Waals surface area contributed by atoms with Crippen LogP contribution in [-0.2, 0) is 16.6 Å². The molecule has 1 aromatic heterocycles. The summed E-state index contributed by atoms with van der Waals surface area (Å²) >= 11 is 7.43. The maximum Gasteiger partial charge on any atom is 0.240 e. The molecule has 160 valence electrons. The summed E-state index contributed by atoms with van der Waals surface area (Å²) in [4.78, 5) is 10.3. The van der Waals surface area contributed by atoms with Gasteiger partial charge in [0.1, 0.15) is 0 Å². The summed E-state index contributed by atoms with van der Waals surface area (Å²) in [5.41, 5.74) is 0. The standard InChI is InChI=1S/C21H25ClN4O2S2/c1-16(14-25-8-10-26(11-9-25)15-19-13-23-21(22)29-19)24-30(27,28)20-7-6-17-4-2-3-5-18(17)12-20/h2-7,12-13,16,24H,8-11,14-15H2,1H3/t16-/m1/s1. The van der Waals surface area contributed by atoms with Crippen LogP contribution >= 0.6 is 22.9 Å². The van der Waals surface area contributed by atoms with Gasteiger partial charge in [-0.1, -0.05) is 41.9 Å². The Morgan fingerprint density at radius 1 is 1.10 bits per heavy atom. The summed E-state index contributed by atoms with van der Waals surface area (Å²) in [6.07, 6.45) is 1.84. The zero-order valence-corrected chi connectivity index (χ0v) is 19.2. The SMILES string of the molecule is C[C@H](CN1CCN(Cc2cnc(Cl)s2)CC1)NS(=O)(=O)c1ccc2ccccc2c1. The van der Waals surface area contributed by atoms with E-state index in [1.54, 1.807) is 12.1 Å². The lowest BCUT2D eigenvalue weighted by Crippen LogP contribution is -2.50. The number of benzene rings is 2. The molecule has 1 atom stereocenters. The number of hydrogen-bond donors (Lipinski definition) is 1. The number of nitrogens with zero attached hydrogens (tertiary/aromatic N) is 3. The summed E-state index contributed by atoms with van der Waals surface area (Å²) in [6, 6.07) is 12.8. The fraction of sp³-hybridized carbons (Fsp3) is 0.381. The quantitative estimate of drug-likeness (QED) is 0.580. The van der Waals surface area contributed by atoms with Crippen LogP contribution in [0.1, 0.15) is 11.8 Å². The highest BCUT2D eigenvalue weighted by atomic mass is 35.5. The zero-order valence-electron chi connectivity index (χ0n) is 16.8. The maximum absolute atomic E-state index is 12.8. The van der Waals surface area contributed by atoms with E-state index in [4.69, 9.17) is 11.6 Å². The van der Waals surface area contributed by atoms with Crippen molar-refractivity contribution < 1.29 is 8.42 Å². The number of rotatable bonds is 7. The van der Waals surface area contributed by atoms with Crippen LogP contribution in [0.5, 0.6) is 0 Å². The van der Waals surface area contributed by atoms with Gasteiger partial charge in [0.25, 0.3) is 0 Å². The molecule has 1 aliphatic rings. The number of nitrogens with one attached hydrogen (secondary N) is 1. The molecule has 1 aliphatic heterocycles. The van der Waals surface area contributed by atoms with Gasteiger partial charge in [-0.15, -0.1) is 11.3 Å². The van der Waals surface area contributed by atoms with E-state index >= 15 is 0 Å². The Morgan fingerprint density at radius 3 is 2.50 bits per heavy atom. The third-order valence-corrected chi connectivity index (χ3v) is 7.98. The average Bonchev–Trinajstić information content (AvgIpc) is 3.13. The lowest BCUT2D eigenvalue weighted by molar-refractivity contribution is 0.123. The number of hydrogen-bond acceptors (Lipinski definition) is 6. The number of halogens is 1. The lowest BCUT2D eigenvalue weighted by Gasteiger charge is -2.35. The van der Waals surface area contributed by atoms with Gasteiger partial charge in [-0.05, 0) is 29.8 Å². The summed E-state index contributed by atoms with van der Waals surface area (Å²) in [7, 11) is -3.56. The molecule has 1 saturated heterocycles. The number of thiazole rings is 1. The first kappa shape index (κ1) is 21.7. The van der Waals surface area contributed by atoms with E-state index in [9.17, 15) is 8.42 Å². The van der Waals surface area contributed by atoms with Gasteiger partial charge in [-0.25, -0.2) is 18.1 Å². The summed E-state index contributed by atoms with van der Waals surface area (Å²) < 4.78 is 29.1. The van der Waals surface area contributed by atoms with Crippen LogP contribution in [-0.4, -0.2) is 62.0 Å². The zero-order chi connectivity index (χ0) is 21.1. The molecule has 0 spiro atoms. The van der Waals surface area contributed by atoms with Gasteiger partial charge in [0.15, 0.2) is 4.47 Å². The van der Waals surface area contributed by atoms with Crippen molar-refractivity contribution in [3.05, 3.63) is 58.0 Å². The Labute approximate surface area is 186 Å². The molecule has 1 fully saturated rings. The van der Waals surface area contributed by atoms with Crippen LogP contribution in [0.25, 0.3) is 10.8 Å². The van der Waals surface area contributed by atoms with Crippen molar-refractivity contribution in [3.63, 3.8) is 0 Å². The third kappa shape index (κ3) is 5.38. The van der Waals surface area contributed by atoms with Gasteiger partial charge < -0.3 is 0 Å². The molecular weight excluding hydrogens is 440 g/mol. The molecular formula is C21H25ClN4O2S2. The predicted octanol–water partition coefficient (Wildman–Crippen LogP) is 3.43. The molecule has 30 heavy (non-hydrogen) atoms. The summed E-state index contributed by atoms with van der Waals surface area (Å²) in [6.45, 7) is 7.18. The smallest absolute Gasteiger partial charge is 0.240 e. The van der Waals surface area contributed by atoms with E-state index in [0.29, 0.717) is 15.9 Å². The second-order valence-electron chi connectivity index (χ2n) is 7.69. The van der Waals surface area contributed by atoms with Gasteiger partial charge in [-0.2, -0.15) is 0 Å². The molecule has 2 aromatic carbocycles. The highest BCUT2D eigenvalue weighted by molar-refractivity contribution is 7.89. The fourth-order valence-corrected chi connectivity index (χ4v) is 6.09. The Hall–Kier alpha value is -1.55. The van der Waals surface area contributed by atoms with E-state index in [-0.39, 0.29) is 6.04 Å². The summed E-state index contributed by atoms with van der Waals surface area (Å²) in [5.74, 6) is 0. The van der Waals surface area contributed by atoms with E-state index in [2.05, 4.69) is 19.5 Å². The second kappa shape index (κ2) is 9.30. The molecule has 6 nitrogen and oxygen atoms in total. The predicted molar refractivity (Wildman–Crippen MR) is 123 cm³/mol. The van der Waals surface area contributed by atoms with Crippen molar-refractivity contribution in [3.8, 4) is 0 Å². The monoisotopic (exact) mass is 464 g/mol. The van der Waals surface area contributed by atoms with Crippen LogP contribution in [0.3, 0.4) is 0 Å². The van der Waals surface area contributed by atoms with Crippen LogP contribution in [0.2, 0.25) is 4.47 Å². The molecule has 3 aromatic rings. The van der Waals surface area contributed by atoms with Crippen molar-refractivity contribution in [1.29, 1.82) is 0 Å². The van der Waals surface area contributed by atoms with E-state index in [1.165, 1.54) is 16.2 Å². The van der Waals surface area contributed by atoms with E-state index < -0.39 is 10.0 Å². The normalized spacial score (nSPS) is 17.4. The van der Waals surface area contributed by atoms with Gasteiger partial charge in [0, 0.05) is 56.4 Å². The summed E-state index contributed by atoms with van der Waals surface area (Å²) in [5, 5.41) is 1.95. The van der Waals surface area contributed by atoms with Crippen LogP contribution in [0.15, 0.2) is 53.6 Å². The minimum atomic E-state index is -3.56. The Bertz CT molecular complexity index is 1110. The molecule has 0 aliphatic carbocycles. The Balaban J connectivity index is 1.30. The number of sulfonamides is 1. The minimum absolute atomic E-state index is 0.173. The topological polar surface area (TPSA) is 65.5 Å². The van der Waals surface area contributed by atoms with Gasteiger partial charge in [-0.3, -0.25) is 9.80 Å². The van der Waals surface area contributed by atoms with Crippen LogP contribution < -0.4 is 4.72 Å².